The van der Waals surface area contributed by atoms with Gasteiger partial charge in [-0.25, -0.2) is 4.98 Å². The molecule has 1 aliphatic rings. The Balaban J connectivity index is 1.53. The molecule has 106 valence electrons. The number of imidazole rings is 1. The number of hydrogen-bond acceptors (Lipinski definition) is 3. The maximum Gasteiger partial charge on any atom is 0.242 e. The van der Waals surface area contributed by atoms with Gasteiger partial charge in [0.25, 0.3) is 0 Å². The van der Waals surface area contributed by atoms with Crippen LogP contribution in [0.4, 0.5) is 0 Å². The van der Waals surface area contributed by atoms with Crippen LogP contribution in [0.25, 0.3) is 0 Å². The van der Waals surface area contributed by atoms with Crippen molar-refractivity contribution in [2.75, 3.05) is 6.54 Å². The SMILES string of the molecule is C[C@H](C(=O)NCC1(Cn2cccn2)CC1)n1ccnc1. The van der Waals surface area contributed by atoms with Crippen molar-refractivity contribution in [2.24, 2.45) is 5.41 Å². The summed E-state index contributed by atoms with van der Waals surface area (Å²) in [6.07, 6.45) is 11.2. The molecule has 0 spiro atoms. The molecular formula is C14H19N5O. The van der Waals surface area contributed by atoms with Crippen LogP contribution in [0.15, 0.2) is 37.2 Å². The number of amides is 1. The number of nitrogens with one attached hydrogen (secondary N) is 1. The Morgan fingerprint density at radius 2 is 2.25 bits per heavy atom. The number of rotatable bonds is 6. The molecule has 20 heavy (non-hydrogen) atoms. The van der Waals surface area contributed by atoms with Crippen LogP contribution in [0.5, 0.6) is 0 Å². The molecule has 0 radical (unpaired) electrons. The van der Waals surface area contributed by atoms with Crippen molar-refractivity contribution >= 4 is 5.91 Å². The summed E-state index contributed by atoms with van der Waals surface area (Å²) in [6.45, 7) is 3.47. The van der Waals surface area contributed by atoms with Crippen molar-refractivity contribution in [3.05, 3.63) is 37.2 Å². The average Bonchev–Trinajstić information content (AvgIpc) is 2.91. The highest BCUT2D eigenvalue weighted by molar-refractivity contribution is 5.79. The van der Waals surface area contributed by atoms with Gasteiger partial charge in [-0.2, -0.15) is 5.10 Å². The Bertz CT molecular complexity index is 556. The topological polar surface area (TPSA) is 64.7 Å². The molecule has 3 rings (SSSR count). The van der Waals surface area contributed by atoms with Crippen molar-refractivity contribution in [2.45, 2.75) is 32.4 Å². The fourth-order valence-corrected chi connectivity index (χ4v) is 2.36. The van der Waals surface area contributed by atoms with Gasteiger partial charge in [-0.15, -0.1) is 0 Å². The van der Waals surface area contributed by atoms with Gasteiger partial charge in [0.05, 0.1) is 6.33 Å². The molecule has 2 heterocycles. The van der Waals surface area contributed by atoms with Crippen LogP contribution in [-0.2, 0) is 11.3 Å². The van der Waals surface area contributed by atoms with Crippen molar-refractivity contribution in [1.82, 2.24) is 24.6 Å². The summed E-state index contributed by atoms with van der Waals surface area (Å²) in [5.74, 6) is 0.0368. The lowest BCUT2D eigenvalue weighted by Gasteiger charge is -2.18. The average molecular weight is 273 g/mol. The van der Waals surface area contributed by atoms with Crippen LogP contribution in [-0.4, -0.2) is 31.8 Å². The van der Waals surface area contributed by atoms with Crippen LogP contribution >= 0.6 is 0 Å². The lowest BCUT2D eigenvalue weighted by atomic mass is 10.1. The Kier molecular flexibility index (Phi) is 3.30. The van der Waals surface area contributed by atoms with E-state index >= 15 is 0 Å². The van der Waals surface area contributed by atoms with E-state index in [2.05, 4.69) is 15.4 Å². The smallest absolute Gasteiger partial charge is 0.242 e. The lowest BCUT2D eigenvalue weighted by molar-refractivity contribution is -0.124. The van der Waals surface area contributed by atoms with Crippen LogP contribution < -0.4 is 5.32 Å². The summed E-state index contributed by atoms with van der Waals surface area (Å²) >= 11 is 0. The summed E-state index contributed by atoms with van der Waals surface area (Å²) in [7, 11) is 0. The van der Waals surface area contributed by atoms with Gasteiger partial charge in [-0.3, -0.25) is 9.48 Å². The van der Waals surface area contributed by atoms with Crippen LogP contribution in [0.3, 0.4) is 0 Å². The van der Waals surface area contributed by atoms with E-state index < -0.39 is 0 Å². The van der Waals surface area contributed by atoms with Crippen molar-refractivity contribution in [1.29, 1.82) is 0 Å². The highest BCUT2D eigenvalue weighted by Crippen LogP contribution is 2.46. The summed E-state index contributed by atoms with van der Waals surface area (Å²) in [5.41, 5.74) is 0.191. The van der Waals surface area contributed by atoms with E-state index in [0.29, 0.717) is 6.54 Å². The maximum absolute atomic E-state index is 12.1. The minimum atomic E-state index is -0.224. The first-order chi connectivity index (χ1) is 9.69. The van der Waals surface area contributed by atoms with E-state index in [0.717, 1.165) is 19.4 Å². The Morgan fingerprint density at radius 3 is 2.85 bits per heavy atom. The van der Waals surface area contributed by atoms with Gasteiger partial charge in [0.2, 0.25) is 5.91 Å². The van der Waals surface area contributed by atoms with Crippen LogP contribution in [0.1, 0.15) is 25.8 Å². The van der Waals surface area contributed by atoms with Gasteiger partial charge in [0.15, 0.2) is 0 Å². The summed E-state index contributed by atoms with van der Waals surface area (Å²) in [4.78, 5) is 16.1. The van der Waals surface area contributed by atoms with Gasteiger partial charge in [-0.05, 0) is 25.8 Å². The second-order valence-corrected chi connectivity index (χ2v) is 5.61. The molecule has 1 saturated carbocycles. The normalized spacial score (nSPS) is 17.6. The first kappa shape index (κ1) is 12.9. The minimum absolute atomic E-state index is 0.0368. The van der Waals surface area contributed by atoms with E-state index in [-0.39, 0.29) is 17.4 Å². The van der Waals surface area contributed by atoms with E-state index in [1.54, 1.807) is 24.9 Å². The molecule has 6 nitrogen and oxygen atoms in total. The molecule has 0 saturated heterocycles. The lowest BCUT2D eigenvalue weighted by Crippen LogP contribution is -2.36. The largest absolute Gasteiger partial charge is 0.354 e. The monoisotopic (exact) mass is 273 g/mol. The molecule has 2 aromatic heterocycles. The number of carbonyl (C=O) groups is 1. The van der Waals surface area contributed by atoms with E-state index in [4.69, 9.17) is 0 Å². The Labute approximate surface area is 117 Å². The zero-order chi connectivity index (χ0) is 14.0. The first-order valence-electron chi connectivity index (χ1n) is 6.91. The van der Waals surface area contributed by atoms with Crippen LogP contribution in [0.2, 0.25) is 0 Å². The second kappa shape index (κ2) is 5.11. The fraction of sp³-hybridized carbons (Fsp3) is 0.500. The number of hydrogen-bond donors (Lipinski definition) is 1. The third-order valence-electron chi connectivity index (χ3n) is 4.00. The second-order valence-electron chi connectivity index (χ2n) is 5.61. The highest BCUT2D eigenvalue weighted by atomic mass is 16.2. The molecule has 1 N–H and O–H groups in total. The predicted octanol–water partition coefficient (Wildman–Crippen LogP) is 1.24. The quantitative estimate of drug-likeness (QED) is 0.861. The van der Waals surface area contributed by atoms with E-state index in [1.165, 1.54) is 0 Å². The Morgan fingerprint density at radius 1 is 1.40 bits per heavy atom. The predicted molar refractivity (Wildman–Crippen MR) is 73.8 cm³/mol. The molecule has 0 aliphatic heterocycles. The minimum Gasteiger partial charge on any atom is -0.354 e. The van der Waals surface area contributed by atoms with Gasteiger partial charge < -0.3 is 9.88 Å². The molecule has 0 bridgehead atoms. The van der Waals surface area contributed by atoms with Gasteiger partial charge in [-0.1, -0.05) is 0 Å². The molecular weight excluding hydrogens is 254 g/mol. The molecule has 0 unspecified atom stereocenters. The molecule has 2 aromatic rings. The van der Waals surface area contributed by atoms with Crippen molar-refractivity contribution < 1.29 is 4.79 Å². The molecule has 6 heteroatoms. The summed E-state index contributed by atoms with van der Waals surface area (Å²) < 4.78 is 3.75. The molecule has 1 fully saturated rings. The highest BCUT2D eigenvalue weighted by Gasteiger charge is 2.43. The fourth-order valence-electron chi connectivity index (χ4n) is 2.36. The third-order valence-corrected chi connectivity index (χ3v) is 4.00. The van der Waals surface area contributed by atoms with Gasteiger partial charge in [0.1, 0.15) is 6.04 Å². The van der Waals surface area contributed by atoms with Crippen molar-refractivity contribution in [3.63, 3.8) is 0 Å². The summed E-state index contributed by atoms with van der Waals surface area (Å²) in [6, 6.07) is 1.70. The van der Waals surface area contributed by atoms with Crippen molar-refractivity contribution in [3.8, 4) is 0 Å². The van der Waals surface area contributed by atoms with E-state index in [1.807, 2.05) is 28.4 Å². The third kappa shape index (κ3) is 2.74. The molecule has 1 amide bonds. The zero-order valence-corrected chi connectivity index (χ0v) is 11.6. The van der Waals surface area contributed by atoms with E-state index in [9.17, 15) is 4.79 Å². The summed E-state index contributed by atoms with van der Waals surface area (Å²) in [5, 5.41) is 7.29. The standard InChI is InChI=1S/C14H19N5O/c1-12(18-8-6-15-11-18)13(20)16-9-14(3-4-14)10-19-7-2-5-17-19/h2,5-8,11-12H,3-4,9-10H2,1H3,(H,16,20)/t12-/m1/s1. The number of nitrogens with zero attached hydrogens (tertiary/aromatic N) is 4. The molecule has 0 aromatic carbocycles. The molecule has 1 aliphatic carbocycles. The van der Waals surface area contributed by atoms with Gasteiger partial charge in [0, 0.05) is 43.3 Å². The number of aromatic nitrogens is 4. The Hall–Kier alpha value is -2.11. The molecule has 1 atom stereocenters. The van der Waals surface area contributed by atoms with Crippen LogP contribution in [0, 0.1) is 5.41 Å². The maximum atomic E-state index is 12.1. The first-order valence-corrected chi connectivity index (χ1v) is 6.91. The number of carbonyl (C=O) groups excluding carboxylic acids is 1. The van der Waals surface area contributed by atoms with Gasteiger partial charge >= 0.3 is 0 Å². The zero-order valence-electron chi connectivity index (χ0n) is 11.6.